The summed E-state index contributed by atoms with van der Waals surface area (Å²) in [5, 5.41) is 0. The molecule has 1 aliphatic carbocycles. The fraction of sp³-hybridized carbons (Fsp3) is 0.667. The van der Waals surface area contributed by atoms with Crippen molar-refractivity contribution in [2.45, 2.75) is 38.1 Å². The van der Waals surface area contributed by atoms with Gasteiger partial charge in [0.1, 0.15) is 6.54 Å². The van der Waals surface area contributed by atoms with E-state index in [1.54, 1.807) is 11.0 Å². The average molecular weight is 222 g/mol. The quantitative estimate of drug-likeness (QED) is 0.539. The van der Waals surface area contributed by atoms with Crippen LogP contribution in [0.2, 0.25) is 0 Å². The molecule has 0 spiro atoms. The number of hydrogen-bond acceptors (Lipinski definition) is 2. The van der Waals surface area contributed by atoms with Crippen LogP contribution in [0.3, 0.4) is 0 Å². The van der Waals surface area contributed by atoms with E-state index in [2.05, 4.69) is 6.58 Å². The minimum atomic E-state index is -0.128. The Balaban J connectivity index is 2.06. The SMILES string of the molecule is C=CCN1CC(=O)N(C2CCCCC2)C1=O. The molecule has 0 aromatic heterocycles. The van der Waals surface area contributed by atoms with E-state index < -0.39 is 0 Å². The number of hydrogen-bond donors (Lipinski definition) is 0. The zero-order chi connectivity index (χ0) is 11.5. The molecule has 0 N–H and O–H groups in total. The lowest BCUT2D eigenvalue weighted by molar-refractivity contribution is -0.127. The van der Waals surface area contributed by atoms with E-state index >= 15 is 0 Å². The molecular weight excluding hydrogens is 204 g/mol. The number of rotatable bonds is 3. The van der Waals surface area contributed by atoms with Gasteiger partial charge in [-0.2, -0.15) is 0 Å². The van der Waals surface area contributed by atoms with Gasteiger partial charge in [0.05, 0.1) is 0 Å². The Morgan fingerprint density at radius 2 is 1.94 bits per heavy atom. The highest BCUT2D eigenvalue weighted by atomic mass is 16.2. The molecule has 0 aromatic rings. The first-order valence-electron chi connectivity index (χ1n) is 5.96. The van der Waals surface area contributed by atoms with Crippen molar-refractivity contribution in [3.05, 3.63) is 12.7 Å². The van der Waals surface area contributed by atoms with Crippen LogP contribution in [0.5, 0.6) is 0 Å². The van der Waals surface area contributed by atoms with Gasteiger partial charge in [-0.3, -0.25) is 9.69 Å². The summed E-state index contributed by atoms with van der Waals surface area (Å²) in [4.78, 5) is 26.8. The zero-order valence-corrected chi connectivity index (χ0v) is 9.52. The van der Waals surface area contributed by atoms with Crippen LogP contribution in [0.4, 0.5) is 4.79 Å². The van der Waals surface area contributed by atoms with Crippen LogP contribution >= 0.6 is 0 Å². The first-order chi connectivity index (χ1) is 7.74. The molecule has 0 unspecified atom stereocenters. The Kier molecular flexibility index (Phi) is 3.27. The summed E-state index contributed by atoms with van der Waals surface area (Å²) < 4.78 is 0. The van der Waals surface area contributed by atoms with Crippen molar-refractivity contribution in [3.63, 3.8) is 0 Å². The highest BCUT2D eigenvalue weighted by Crippen LogP contribution is 2.26. The van der Waals surface area contributed by atoms with Gasteiger partial charge in [0.2, 0.25) is 0 Å². The van der Waals surface area contributed by atoms with Crippen LogP contribution in [-0.4, -0.2) is 40.9 Å². The molecule has 2 rings (SSSR count). The van der Waals surface area contributed by atoms with Crippen molar-refractivity contribution in [2.75, 3.05) is 13.1 Å². The maximum Gasteiger partial charge on any atom is 0.327 e. The Hall–Kier alpha value is -1.32. The van der Waals surface area contributed by atoms with E-state index in [4.69, 9.17) is 0 Å². The number of carbonyl (C=O) groups is 2. The number of carbonyl (C=O) groups excluding carboxylic acids is 2. The lowest BCUT2D eigenvalue weighted by Crippen LogP contribution is -2.42. The van der Waals surface area contributed by atoms with E-state index in [0.29, 0.717) is 6.54 Å². The van der Waals surface area contributed by atoms with Gasteiger partial charge in [0.25, 0.3) is 5.91 Å². The van der Waals surface area contributed by atoms with E-state index in [0.717, 1.165) is 25.7 Å². The van der Waals surface area contributed by atoms with E-state index in [-0.39, 0.29) is 24.5 Å². The molecule has 1 heterocycles. The number of imide groups is 1. The molecule has 3 amide bonds. The van der Waals surface area contributed by atoms with Crippen LogP contribution in [0.15, 0.2) is 12.7 Å². The fourth-order valence-corrected chi connectivity index (χ4v) is 2.56. The lowest BCUT2D eigenvalue weighted by atomic mass is 9.94. The maximum absolute atomic E-state index is 12.0. The van der Waals surface area contributed by atoms with Crippen molar-refractivity contribution in [3.8, 4) is 0 Å². The highest BCUT2D eigenvalue weighted by Gasteiger charge is 2.39. The Morgan fingerprint density at radius 1 is 1.25 bits per heavy atom. The summed E-state index contributed by atoms with van der Waals surface area (Å²) in [7, 11) is 0. The predicted octanol–water partition coefficient (Wildman–Crippen LogP) is 1.77. The standard InChI is InChI=1S/C12H18N2O2/c1-2-8-13-9-11(15)14(12(13)16)10-6-4-3-5-7-10/h2,10H,1,3-9H2. The van der Waals surface area contributed by atoms with E-state index in [9.17, 15) is 9.59 Å². The molecular formula is C12H18N2O2. The number of urea groups is 1. The summed E-state index contributed by atoms with van der Waals surface area (Å²) in [5.41, 5.74) is 0. The number of amides is 3. The topological polar surface area (TPSA) is 40.6 Å². The molecule has 0 bridgehead atoms. The molecule has 0 radical (unpaired) electrons. The maximum atomic E-state index is 12.0. The Bertz CT molecular complexity index is 308. The smallest absolute Gasteiger partial charge is 0.311 e. The summed E-state index contributed by atoms with van der Waals surface area (Å²) >= 11 is 0. The van der Waals surface area contributed by atoms with Gasteiger partial charge in [-0.25, -0.2) is 4.79 Å². The van der Waals surface area contributed by atoms with E-state index in [1.807, 2.05) is 0 Å². The van der Waals surface area contributed by atoms with Crippen molar-refractivity contribution >= 4 is 11.9 Å². The Labute approximate surface area is 95.9 Å². The van der Waals surface area contributed by atoms with E-state index in [1.165, 1.54) is 11.3 Å². The summed E-state index contributed by atoms with van der Waals surface area (Å²) in [6, 6.07) is 0.0142. The van der Waals surface area contributed by atoms with Crippen LogP contribution in [-0.2, 0) is 4.79 Å². The third-order valence-corrected chi connectivity index (χ3v) is 3.36. The van der Waals surface area contributed by atoms with Crippen LogP contribution in [0.1, 0.15) is 32.1 Å². The monoisotopic (exact) mass is 222 g/mol. The van der Waals surface area contributed by atoms with Gasteiger partial charge in [-0.1, -0.05) is 25.3 Å². The first-order valence-corrected chi connectivity index (χ1v) is 5.96. The van der Waals surface area contributed by atoms with Gasteiger partial charge in [0, 0.05) is 12.6 Å². The molecule has 0 atom stereocenters. The zero-order valence-electron chi connectivity index (χ0n) is 9.52. The largest absolute Gasteiger partial charge is 0.327 e. The second-order valence-electron chi connectivity index (χ2n) is 4.51. The van der Waals surface area contributed by atoms with Gasteiger partial charge in [-0.15, -0.1) is 6.58 Å². The highest BCUT2D eigenvalue weighted by molar-refractivity contribution is 6.02. The molecule has 1 saturated carbocycles. The third kappa shape index (κ3) is 1.96. The molecule has 0 aromatic carbocycles. The van der Waals surface area contributed by atoms with Gasteiger partial charge >= 0.3 is 6.03 Å². The average Bonchev–Trinajstić information content (AvgIpc) is 2.56. The first kappa shape index (κ1) is 11.2. The van der Waals surface area contributed by atoms with Crippen molar-refractivity contribution in [2.24, 2.45) is 0 Å². The van der Waals surface area contributed by atoms with Crippen molar-refractivity contribution in [1.29, 1.82) is 0 Å². The molecule has 2 aliphatic rings. The van der Waals surface area contributed by atoms with Crippen molar-refractivity contribution < 1.29 is 9.59 Å². The third-order valence-electron chi connectivity index (χ3n) is 3.36. The van der Waals surface area contributed by atoms with Crippen molar-refractivity contribution in [1.82, 2.24) is 9.80 Å². The fourth-order valence-electron chi connectivity index (χ4n) is 2.56. The van der Waals surface area contributed by atoms with Crippen LogP contribution < -0.4 is 0 Å². The predicted molar refractivity (Wildman–Crippen MR) is 60.9 cm³/mol. The second-order valence-corrected chi connectivity index (χ2v) is 4.51. The van der Waals surface area contributed by atoms with Gasteiger partial charge in [0.15, 0.2) is 0 Å². The molecule has 88 valence electrons. The molecule has 2 fully saturated rings. The summed E-state index contributed by atoms with van der Waals surface area (Å²) in [5.74, 6) is -0.0428. The van der Waals surface area contributed by atoms with Crippen LogP contribution in [0, 0.1) is 0 Å². The summed E-state index contributed by atoms with van der Waals surface area (Å²) in [6.45, 7) is 4.29. The van der Waals surface area contributed by atoms with Crippen LogP contribution in [0.25, 0.3) is 0 Å². The minimum absolute atomic E-state index is 0.0428. The lowest BCUT2D eigenvalue weighted by Gasteiger charge is -2.29. The molecule has 4 heteroatoms. The van der Waals surface area contributed by atoms with Gasteiger partial charge < -0.3 is 4.90 Å². The molecule has 1 saturated heterocycles. The molecule has 4 nitrogen and oxygen atoms in total. The number of nitrogens with zero attached hydrogens (tertiary/aromatic N) is 2. The minimum Gasteiger partial charge on any atom is -0.311 e. The molecule has 16 heavy (non-hydrogen) atoms. The summed E-state index contributed by atoms with van der Waals surface area (Å²) in [6.07, 6.45) is 7.09. The Morgan fingerprint density at radius 3 is 2.56 bits per heavy atom. The normalized spacial score (nSPS) is 23.0. The molecule has 1 aliphatic heterocycles. The van der Waals surface area contributed by atoms with Gasteiger partial charge in [-0.05, 0) is 12.8 Å². The second kappa shape index (κ2) is 4.68.